The van der Waals surface area contributed by atoms with E-state index in [2.05, 4.69) is 10.1 Å². The van der Waals surface area contributed by atoms with Crippen LogP contribution in [-0.2, 0) is 0 Å². The Morgan fingerprint density at radius 2 is 1.90 bits per heavy atom. The van der Waals surface area contributed by atoms with Crippen molar-refractivity contribution in [2.24, 2.45) is 0 Å². The molecule has 0 aliphatic carbocycles. The highest BCUT2D eigenvalue weighted by molar-refractivity contribution is 6.30. The van der Waals surface area contributed by atoms with Crippen molar-refractivity contribution in [3.8, 4) is 11.4 Å². The van der Waals surface area contributed by atoms with Crippen LogP contribution in [0.15, 0.2) is 71.3 Å². The highest BCUT2D eigenvalue weighted by atomic mass is 35.5. The van der Waals surface area contributed by atoms with Gasteiger partial charge in [-0.15, -0.1) is 0 Å². The molecule has 3 aromatic carbocycles. The molecular formula is C24H20ClN3O2. The van der Waals surface area contributed by atoms with Gasteiger partial charge >= 0.3 is 0 Å². The largest absolute Gasteiger partial charge is 0.339 e. The van der Waals surface area contributed by atoms with Crippen LogP contribution in [0.3, 0.4) is 0 Å². The Morgan fingerprint density at radius 3 is 2.77 bits per heavy atom. The number of piperidine rings is 1. The summed E-state index contributed by atoms with van der Waals surface area (Å²) in [6.45, 7) is 1.31. The van der Waals surface area contributed by atoms with Crippen molar-refractivity contribution in [1.82, 2.24) is 15.0 Å². The van der Waals surface area contributed by atoms with E-state index in [4.69, 9.17) is 16.1 Å². The van der Waals surface area contributed by atoms with Crippen molar-refractivity contribution >= 4 is 28.3 Å². The van der Waals surface area contributed by atoms with Crippen LogP contribution >= 0.6 is 11.6 Å². The Hall–Kier alpha value is -3.18. The number of hydrogen-bond donors (Lipinski definition) is 0. The van der Waals surface area contributed by atoms with E-state index in [9.17, 15) is 4.79 Å². The Kier molecular flexibility index (Phi) is 4.97. The summed E-state index contributed by atoms with van der Waals surface area (Å²) in [6.07, 6.45) is 1.82. The lowest BCUT2D eigenvalue weighted by atomic mass is 9.97. The maximum Gasteiger partial charge on any atom is 0.253 e. The first-order chi connectivity index (χ1) is 14.7. The van der Waals surface area contributed by atoms with Gasteiger partial charge in [0, 0.05) is 29.2 Å². The molecule has 1 aromatic heterocycles. The van der Waals surface area contributed by atoms with Crippen molar-refractivity contribution in [1.29, 1.82) is 0 Å². The maximum absolute atomic E-state index is 13.1. The number of aromatic nitrogens is 2. The number of hydrogen-bond acceptors (Lipinski definition) is 4. The van der Waals surface area contributed by atoms with E-state index in [1.54, 1.807) is 0 Å². The molecule has 1 saturated heterocycles. The van der Waals surface area contributed by atoms with Gasteiger partial charge in [-0.1, -0.05) is 59.2 Å². The van der Waals surface area contributed by atoms with Crippen LogP contribution in [0.25, 0.3) is 22.2 Å². The van der Waals surface area contributed by atoms with Crippen molar-refractivity contribution < 1.29 is 9.32 Å². The zero-order valence-electron chi connectivity index (χ0n) is 16.3. The van der Waals surface area contributed by atoms with Crippen LogP contribution < -0.4 is 0 Å². The summed E-state index contributed by atoms with van der Waals surface area (Å²) >= 11 is 6.07. The number of carbonyl (C=O) groups is 1. The zero-order valence-corrected chi connectivity index (χ0v) is 17.0. The second-order valence-corrected chi connectivity index (χ2v) is 8.06. The van der Waals surface area contributed by atoms with Crippen LogP contribution in [0, 0.1) is 0 Å². The van der Waals surface area contributed by atoms with Crippen LogP contribution in [0.2, 0.25) is 5.02 Å². The van der Waals surface area contributed by atoms with Crippen molar-refractivity contribution in [3.05, 3.63) is 83.2 Å². The third-order valence-electron chi connectivity index (χ3n) is 5.58. The molecule has 0 radical (unpaired) electrons. The molecule has 0 saturated carbocycles. The Morgan fingerprint density at radius 1 is 1.03 bits per heavy atom. The number of halogens is 1. The first-order valence-corrected chi connectivity index (χ1v) is 10.4. The molecule has 150 valence electrons. The molecule has 5 nitrogen and oxygen atoms in total. The number of likely N-dealkylation sites (tertiary alicyclic amines) is 1. The standard InChI is InChI=1S/C24H20ClN3O2/c25-21-9-3-7-18(14-21)22-26-23(30-27-22)20-8-4-12-28(15-20)24(29)19-11-10-16-5-1-2-6-17(16)13-19/h1-3,5-7,9-11,13-14,20H,4,8,12,15H2/t20-/m1/s1. The van der Waals surface area contributed by atoms with Gasteiger partial charge in [-0.3, -0.25) is 4.79 Å². The second kappa shape index (κ2) is 7.92. The van der Waals surface area contributed by atoms with E-state index < -0.39 is 0 Å². The Bertz CT molecular complexity index is 1220. The fourth-order valence-corrected chi connectivity index (χ4v) is 4.20. The molecule has 4 aromatic rings. The highest BCUT2D eigenvalue weighted by Crippen LogP contribution is 2.29. The Labute approximate surface area is 179 Å². The summed E-state index contributed by atoms with van der Waals surface area (Å²) in [5.74, 6) is 1.16. The third kappa shape index (κ3) is 3.68. The van der Waals surface area contributed by atoms with Gasteiger partial charge in [0.1, 0.15) is 0 Å². The first-order valence-electron chi connectivity index (χ1n) is 10.0. The quantitative estimate of drug-likeness (QED) is 0.437. The molecule has 0 unspecified atom stereocenters. The molecule has 1 atom stereocenters. The lowest BCUT2D eigenvalue weighted by Gasteiger charge is -2.31. The monoisotopic (exact) mass is 417 g/mol. The normalized spacial score (nSPS) is 16.7. The topological polar surface area (TPSA) is 59.2 Å². The predicted molar refractivity (Wildman–Crippen MR) is 117 cm³/mol. The molecule has 30 heavy (non-hydrogen) atoms. The Balaban J connectivity index is 1.35. The lowest BCUT2D eigenvalue weighted by Crippen LogP contribution is -2.39. The van der Waals surface area contributed by atoms with E-state index >= 15 is 0 Å². The SMILES string of the molecule is O=C(c1ccc2ccccc2c1)N1CCC[C@@H](c2nc(-c3cccc(Cl)c3)no2)C1. The van der Waals surface area contributed by atoms with Crippen LogP contribution in [0.5, 0.6) is 0 Å². The third-order valence-corrected chi connectivity index (χ3v) is 5.81. The minimum Gasteiger partial charge on any atom is -0.339 e. The van der Waals surface area contributed by atoms with Gasteiger partial charge in [-0.05, 0) is 47.9 Å². The molecule has 1 amide bonds. The molecule has 0 N–H and O–H groups in total. The van der Waals surface area contributed by atoms with Gasteiger partial charge in [-0.25, -0.2) is 0 Å². The van der Waals surface area contributed by atoms with E-state index in [1.165, 1.54) is 0 Å². The van der Waals surface area contributed by atoms with E-state index in [-0.39, 0.29) is 11.8 Å². The molecule has 1 aliphatic heterocycles. The van der Waals surface area contributed by atoms with E-state index in [0.717, 1.165) is 35.7 Å². The van der Waals surface area contributed by atoms with Gasteiger partial charge in [0.05, 0.1) is 5.92 Å². The summed E-state index contributed by atoms with van der Waals surface area (Å²) in [5, 5.41) is 6.94. The van der Waals surface area contributed by atoms with Gasteiger partial charge in [0.2, 0.25) is 11.7 Å². The van der Waals surface area contributed by atoms with Crippen molar-refractivity contribution in [2.75, 3.05) is 13.1 Å². The molecule has 6 heteroatoms. The number of amides is 1. The van der Waals surface area contributed by atoms with Gasteiger partial charge in [-0.2, -0.15) is 4.98 Å². The summed E-state index contributed by atoms with van der Waals surface area (Å²) in [5.41, 5.74) is 1.52. The summed E-state index contributed by atoms with van der Waals surface area (Å²) in [4.78, 5) is 19.6. The van der Waals surface area contributed by atoms with Gasteiger partial charge < -0.3 is 9.42 Å². The molecule has 2 heterocycles. The molecule has 0 bridgehead atoms. The predicted octanol–water partition coefficient (Wildman–Crippen LogP) is 5.56. The average molecular weight is 418 g/mol. The lowest BCUT2D eigenvalue weighted by molar-refractivity contribution is 0.0696. The van der Waals surface area contributed by atoms with E-state index in [1.807, 2.05) is 71.6 Å². The first kappa shape index (κ1) is 18.8. The van der Waals surface area contributed by atoms with Gasteiger partial charge in [0.25, 0.3) is 5.91 Å². The molecule has 1 aliphatic rings. The van der Waals surface area contributed by atoms with Gasteiger partial charge in [0.15, 0.2) is 0 Å². The fraction of sp³-hybridized carbons (Fsp3) is 0.208. The van der Waals surface area contributed by atoms with Crippen LogP contribution in [0.1, 0.15) is 35.0 Å². The minimum absolute atomic E-state index is 0.0311. The van der Waals surface area contributed by atoms with Crippen molar-refractivity contribution in [2.45, 2.75) is 18.8 Å². The van der Waals surface area contributed by atoms with E-state index in [0.29, 0.717) is 28.8 Å². The van der Waals surface area contributed by atoms with Crippen molar-refractivity contribution in [3.63, 3.8) is 0 Å². The zero-order chi connectivity index (χ0) is 20.5. The second-order valence-electron chi connectivity index (χ2n) is 7.62. The molecule has 5 rings (SSSR count). The van der Waals surface area contributed by atoms with Crippen LogP contribution in [-0.4, -0.2) is 34.0 Å². The smallest absolute Gasteiger partial charge is 0.253 e. The number of nitrogens with zero attached hydrogens (tertiary/aromatic N) is 3. The minimum atomic E-state index is 0.0311. The number of fused-ring (bicyclic) bond motifs is 1. The summed E-state index contributed by atoms with van der Waals surface area (Å²) < 4.78 is 5.55. The fourth-order valence-electron chi connectivity index (χ4n) is 4.01. The summed E-state index contributed by atoms with van der Waals surface area (Å²) in [7, 11) is 0. The maximum atomic E-state index is 13.1. The molecule has 1 fully saturated rings. The summed E-state index contributed by atoms with van der Waals surface area (Å²) in [6, 6.07) is 21.3. The number of rotatable bonds is 3. The molecular weight excluding hydrogens is 398 g/mol. The highest BCUT2D eigenvalue weighted by Gasteiger charge is 2.29. The molecule has 0 spiro atoms. The number of carbonyl (C=O) groups excluding carboxylic acids is 1. The number of benzene rings is 3. The average Bonchev–Trinajstić information content (AvgIpc) is 3.29. The van der Waals surface area contributed by atoms with Crippen LogP contribution in [0.4, 0.5) is 0 Å².